The summed E-state index contributed by atoms with van der Waals surface area (Å²) in [6, 6.07) is 11.9. The molecule has 1 N–H and O–H groups in total. The summed E-state index contributed by atoms with van der Waals surface area (Å²) in [5, 5.41) is 0.218. The molecular weight excluding hydrogens is 408 g/mol. The van der Waals surface area contributed by atoms with Crippen molar-refractivity contribution in [2.45, 2.75) is 10.9 Å². The van der Waals surface area contributed by atoms with E-state index in [1.54, 1.807) is 30.3 Å². The third kappa shape index (κ3) is 4.27. The highest BCUT2D eigenvalue weighted by Gasteiger charge is 2.35. The van der Waals surface area contributed by atoms with E-state index >= 15 is 0 Å². The van der Waals surface area contributed by atoms with Gasteiger partial charge in [0.1, 0.15) is 10.6 Å². The first-order chi connectivity index (χ1) is 13.3. The smallest absolute Gasteiger partial charge is 0.417 e. The normalized spacial score (nSPS) is 15.4. The van der Waals surface area contributed by atoms with Crippen LogP contribution in [0.4, 0.5) is 4.79 Å². The highest BCUT2D eigenvalue weighted by molar-refractivity contribution is 7.89. The number of ether oxygens (including phenoxy) is 2. The van der Waals surface area contributed by atoms with Gasteiger partial charge >= 0.3 is 6.09 Å². The van der Waals surface area contributed by atoms with Crippen molar-refractivity contribution >= 4 is 33.6 Å². The van der Waals surface area contributed by atoms with Crippen LogP contribution in [0.2, 0.25) is 5.02 Å². The van der Waals surface area contributed by atoms with E-state index in [0.29, 0.717) is 5.56 Å². The minimum Gasteiger partial charge on any atom is -0.495 e. The van der Waals surface area contributed by atoms with E-state index < -0.39 is 28.1 Å². The molecule has 2 aromatic rings. The van der Waals surface area contributed by atoms with Crippen LogP contribution in [-0.4, -0.2) is 45.6 Å². The molecule has 1 saturated heterocycles. The summed E-state index contributed by atoms with van der Waals surface area (Å²) in [6.07, 6.45) is -0.814. The molecule has 1 atom stereocenters. The van der Waals surface area contributed by atoms with E-state index in [2.05, 4.69) is 4.72 Å². The number of nitrogens with zero attached hydrogens (tertiary/aromatic N) is 1. The molecule has 0 aromatic heterocycles. The van der Waals surface area contributed by atoms with Gasteiger partial charge in [-0.3, -0.25) is 4.79 Å². The van der Waals surface area contributed by atoms with Gasteiger partial charge in [-0.15, -0.1) is 0 Å². The van der Waals surface area contributed by atoms with Gasteiger partial charge in [0.15, 0.2) is 6.61 Å². The summed E-state index contributed by atoms with van der Waals surface area (Å²) in [5.74, 6) is -0.425. The Kier molecular flexibility index (Phi) is 5.87. The van der Waals surface area contributed by atoms with Crippen LogP contribution in [0.3, 0.4) is 0 Å². The molecule has 0 bridgehead atoms. The summed E-state index contributed by atoms with van der Waals surface area (Å²) in [6.45, 7) is -0.584. The van der Waals surface area contributed by atoms with Crippen LogP contribution in [-0.2, 0) is 19.6 Å². The number of cyclic esters (lactones) is 1. The second-order valence-corrected chi connectivity index (χ2v) is 8.06. The molecular formula is C18H17ClN2O6S. The standard InChI is InChI=1S/C18H17ClN2O6S/c1-26-15-8-7-13(19)9-16(15)28(24,25)20-14(12-5-3-2-4-6-12)10-21-17(22)11-27-18(21)23/h2-9,14,20H,10-11H2,1H3. The lowest BCUT2D eigenvalue weighted by Crippen LogP contribution is -2.40. The van der Waals surface area contributed by atoms with Gasteiger partial charge in [-0.2, -0.15) is 0 Å². The van der Waals surface area contributed by atoms with E-state index in [4.69, 9.17) is 21.1 Å². The van der Waals surface area contributed by atoms with E-state index in [-0.39, 0.29) is 28.8 Å². The quantitative estimate of drug-likeness (QED) is 0.732. The van der Waals surface area contributed by atoms with Crippen LogP contribution >= 0.6 is 11.6 Å². The maximum atomic E-state index is 13.0. The molecule has 28 heavy (non-hydrogen) atoms. The number of benzene rings is 2. The van der Waals surface area contributed by atoms with Crippen LogP contribution in [0.1, 0.15) is 11.6 Å². The Morgan fingerprint density at radius 1 is 1.21 bits per heavy atom. The maximum absolute atomic E-state index is 13.0. The van der Waals surface area contributed by atoms with Crippen molar-refractivity contribution in [1.29, 1.82) is 0 Å². The second kappa shape index (κ2) is 8.17. The number of sulfonamides is 1. The molecule has 2 amide bonds. The molecule has 148 valence electrons. The summed E-state index contributed by atoms with van der Waals surface area (Å²) in [7, 11) is -2.76. The maximum Gasteiger partial charge on any atom is 0.417 e. The molecule has 1 fully saturated rings. The zero-order chi connectivity index (χ0) is 20.3. The molecule has 0 saturated carbocycles. The van der Waals surface area contributed by atoms with Gasteiger partial charge in [-0.1, -0.05) is 41.9 Å². The highest BCUT2D eigenvalue weighted by Crippen LogP contribution is 2.29. The number of amides is 2. The van der Waals surface area contributed by atoms with Gasteiger partial charge in [0.05, 0.1) is 19.7 Å². The summed E-state index contributed by atoms with van der Waals surface area (Å²) in [5.41, 5.74) is 0.569. The van der Waals surface area contributed by atoms with Crippen LogP contribution in [0.15, 0.2) is 53.4 Å². The van der Waals surface area contributed by atoms with Crippen LogP contribution in [0.25, 0.3) is 0 Å². The number of carbonyl (C=O) groups excluding carboxylic acids is 2. The molecule has 3 rings (SSSR count). The Morgan fingerprint density at radius 2 is 1.93 bits per heavy atom. The lowest BCUT2D eigenvalue weighted by molar-refractivity contribution is -0.126. The molecule has 2 aromatic carbocycles. The average molecular weight is 425 g/mol. The number of hydrogen-bond donors (Lipinski definition) is 1. The Labute approximate surface area is 167 Å². The molecule has 1 aliphatic heterocycles. The van der Waals surface area contributed by atoms with Crippen molar-refractivity contribution in [3.8, 4) is 5.75 Å². The second-order valence-electron chi connectivity index (χ2n) is 5.94. The van der Waals surface area contributed by atoms with Gasteiger partial charge in [0.2, 0.25) is 10.0 Å². The van der Waals surface area contributed by atoms with Gasteiger partial charge in [0, 0.05) is 5.02 Å². The number of nitrogens with one attached hydrogen (secondary N) is 1. The van der Waals surface area contributed by atoms with E-state index in [9.17, 15) is 18.0 Å². The van der Waals surface area contributed by atoms with Crippen molar-refractivity contribution in [3.05, 3.63) is 59.1 Å². The number of rotatable bonds is 7. The highest BCUT2D eigenvalue weighted by atomic mass is 35.5. The third-order valence-electron chi connectivity index (χ3n) is 4.12. The summed E-state index contributed by atoms with van der Waals surface area (Å²) >= 11 is 5.95. The van der Waals surface area contributed by atoms with E-state index in [1.165, 1.54) is 25.3 Å². The number of imide groups is 1. The Hall–Kier alpha value is -2.62. The predicted octanol–water partition coefficient (Wildman–Crippen LogP) is 2.35. The zero-order valence-corrected chi connectivity index (χ0v) is 16.4. The molecule has 1 unspecified atom stereocenters. The molecule has 1 heterocycles. The molecule has 8 nitrogen and oxygen atoms in total. The van der Waals surface area contributed by atoms with Crippen molar-refractivity contribution < 1.29 is 27.5 Å². The molecule has 1 aliphatic rings. The van der Waals surface area contributed by atoms with Gasteiger partial charge in [0.25, 0.3) is 5.91 Å². The number of methoxy groups -OCH3 is 1. The predicted molar refractivity (Wildman–Crippen MR) is 101 cm³/mol. The van der Waals surface area contributed by atoms with E-state index in [1.807, 2.05) is 0 Å². The number of carbonyl (C=O) groups is 2. The molecule has 0 spiro atoms. The van der Waals surface area contributed by atoms with Crippen molar-refractivity contribution in [2.75, 3.05) is 20.3 Å². The van der Waals surface area contributed by atoms with Crippen molar-refractivity contribution in [1.82, 2.24) is 9.62 Å². The summed E-state index contributed by atoms with van der Waals surface area (Å²) < 4.78 is 38.4. The van der Waals surface area contributed by atoms with Gasteiger partial charge < -0.3 is 9.47 Å². The molecule has 0 radical (unpaired) electrons. The Bertz CT molecular complexity index is 980. The average Bonchev–Trinajstić information content (AvgIpc) is 3.00. The van der Waals surface area contributed by atoms with Crippen LogP contribution < -0.4 is 9.46 Å². The fraction of sp³-hybridized carbons (Fsp3) is 0.222. The number of halogens is 1. The largest absolute Gasteiger partial charge is 0.495 e. The first-order valence-electron chi connectivity index (χ1n) is 8.20. The fourth-order valence-corrected chi connectivity index (χ4v) is 4.39. The lowest BCUT2D eigenvalue weighted by Gasteiger charge is -2.23. The fourth-order valence-electron chi connectivity index (χ4n) is 2.75. The monoisotopic (exact) mass is 424 g/mol. The molecule has 0 aliphatic carbocycles. The van der Waals surface area contributed by atoms with E-state index in [0.717, 1.165) is 4.90 Å². The first-order valence-corrected chi connectivity index (χ1v) is 10.1. The SMILES string of the molecule is COc1ccc(Cl)cc1S(=O)(=O)NC(CN1C(=O)COC1=O)c1ccccc1. The summed E-state index contributed by atoms with van der Waals surface area (Å²) in [4.78, 5) is 24.4. The minimum atomic E-state index is -4.10. The van der Waals surface area contributed by atoms with Crippen LogP contribution in [0.5, 0.6) is 5.75 Å². The zero-order valence-electron chi connectivity index (χ0n) is 14.8. The topological polar surface area (TPSA) is 102 Å². The first kappa shape index (κ1) is 20.1. The molecule has 10 heteroatoms. The number of hydrogen-bond acceptors (Lipinski definition) is 6. The van der Waals surface area contributed by atoms with Gasteiger partial charge in [-0.05, 0) is 23.8 Å². The van der Waals surface area contributed by atoms with Gasteiger partial charge in [-0.25, -0.2) is 22.8 Å². The third-order valence-corrected chi connectivity index (χ3v) is 5.85. The van der Waals surface area contributed by atoms with Crippen molar-refractivity contribution in [3.63, 3.8) is 0 Å². The van der Waals surface area contributed by atoms with Crippen LogP contribution in [0, 0.1) is 0 Å². The Balaban J connectivity index is 1.96. The lowest BCUT2D eigenvalue weighted by atomic mass is 10.1. The van der Waals surface area contributed by atoms with Crippen molar-refractivity contribution in [2.24, 2.45) is 0 Å². The minimum absolute atomic E-state index is 0.111. The Morgan fingerprint density at radius 3 is 2.54 bits per heavy atom.